The summed E-state index contributed by atoms with van der Waals surface area (Å²) in [6, 6.07) is 0. The molecule has 1 heterocycles. The van der Waals surface area contributed by atoms with E-state index in [1.807, 2.05) is 27.7 Å². The third-order valence-electron chi connectivity index (χ3n) is 6.68. The molecule has 1 fully saturated rings. The van der Waals surface area contributed by atoms with E-state index in [4.69, 9.17) is 4.74 Å². The number of fused-ring (bicyclic) bond motifs is 1. The Bertz CT molecular complexity index is 761. The van der Waals surface area contributed by atoms with Crippen LogP contribution in [0.15, 0.2) is 28.8 Å². The van der Waals surface area contributed by atoms with E-state index < -0.39 is 5.60 Å². The number of esters is 1. The zero-order valence-electron chi connectivity index (χ0n) is 22.9. The highest BCUT2D eigenvalue weighted by Crippen LogP contribution is 2.70. The fourth-order valence-electron chi connectivity index (χ4n) is 4.88. The largest absolute Gasteiger partial charge is 0.453 e. The van der Waals surface area contributed by atoms with Gasteiger partial charge in [0.05, 0.1) is 12.3 Å². The Morgan fingerprint density at radius 3 is 2.47 bits per heavy atom. The number of rotatable bonds is 10. The smallest absolute Gasteiger partial charge is 0.307 e. The minimum atomic E-state index is -0.522. The minimum absolute atomic E-state index is 0. The molecule has 0 bridgehead atoms. The van der Waals surface area contributed by atoms with Gasteiger partial charge in [-0.25, -0.2) is 0 Å². The van der Waals surface area contributed by atoms with Crippen molar-refractivity contribution in [1.29, 1.82) is 0 Å². The molecule has 2 atom stereocenters. The number of ether oxygens (including phenoxy) is 1. The Hall–Kier alpha value is -2.11. The van der Waals surface area contributed by atoms with Crippen molar-refractivity contribution in [2.75, 3.05) is 19.6 Å². The van der Waals surface area contributed by atoms with Gasteiger partial charge in [0.1, 0.15) is 5.60 Å². The molecule has 2 aliphatic carbocycles. The molecule has 3 rings (SSSR count). The molecule has 1 amide bonds. The van der Waals surface area contributed by atoms with Crippen LogP contribution in [0.4, 0.5) is 0 Å². The van der Waals surface area contributed by atoms with Crippen LogP contribution < -0.4 is 10.6 Å². The van der Waals surface area contributed by atoms with E-state index in [2.05, 4.69) is 61.5 Å². The van der Waals surface area contributed by atoms with Crippen LogP contribution in [0.5, 0.6) is 0 Å². The summed E-state index contributed by atoms with van der Waals surface area (Å²) in [6.45, 7) is 19.1. The molecule has 0 saturated heterocycles. The van der Waals surface area contributed by atoms with Crippen molar-refractivity contribution in [3.63, 3.8) is 0 Å². The number of carbonyl (C=O) groups excluding carboxylic acids is 2. The lowest BCUT2D eigenvalue weighted by atomic mass is 9.79. The van der Waals surface area contributed by atoms with Gasteiger partial charge >= 0.3 is 5.97 Å². The number of amides is 1. The Morgan fingerprint density at radius 1 is 1.18 bits per heavy atom. The van der Waals surface area contributed by atoms with E-state index in [-0.39, 0.29) is 31.6 Å². The summed E-state index contributed by atoms with van der Waals surface area (Å²) in [4.78, 5) is 29.2. The normalized spacial score (nSPS) is 24.3. The molecule has 0 radical (unpaired) electrons. The molecule has 196 valence electrons. The zero-order valence-corrected chi connectivity index (χ0v) is 22.9. The first-order chi connectivity index (χ1) is 16.3. The van der Waals surface area contributed by atoms with Crippen molar-refractivity contribution in [2.24, 2.45) is 22.2 Å². The van der Waals surface area contributed by atoms with Crippen molar-refractivity contribution in [3.05, 3.63) is 23.8 Å². The highest BCUT2D eigenvalue weighted by Gasteiger charge is 2.73. The average Bonchev–Trinajstić information content (AvgIpc) is 3.53. The summed E-state index contributed by atoms with van der Waals surface area (Å²) in [5.74, 6) is 1.35. The standard InChI is InChI=1S/C24H37N3O3.2C2H6.H2/c1-17(2)19-8-5-12-23(18(3)4)16-24(19,23)30-22(29)11-10-21(28)27-13-6-9-20-25-14-7-15-26-20;2*1-2;/h5,8,12,17-18H,6-7,9-11,13-16H2,1-4H3,(H,25,26)(H,27,28);2*1-2H3;1H. The Balaban J connectivity index is 0.00000220. The SMILES string of the molecule is CC.CC.CC(C)C1=CC=CC2(C(C)C)CC12OC(=O)CCC(=O)NCCCC1=NCCCN1.[HH]. The van der Waals surface area contributed by atoms with Crippen LogP contribution in [0.1, 0.15) is 95.3 Å². The van der Waals surface area contributed by atoms with E-state index in [9.17, 15) is 9.59 Å². The molecule has 2 N–H and O–H groups in total. The van der Waals surface area contributed by atoms with Gasteiger partial charge in [0, 0.05) is 45.7 Å². The fourth-order valence-corrected chi connectivity index (χ4v) is 4.88. The first kappa shape index (κ1) is 29.9. The van der Waals surface area contributed by atoms with Gasteiger partial charge in [0.2, 0.25) is 5.91 Å². The summed E-state index contributed by atoms with van der Waals surface area (Å²) in [7, 11) is 0. The van der Waals surface area contributed by atoms with Crippen LogP contribution in [0.2, 0.25) is 0 Å². The summed E-state index contributed by atoms with van der Waals surface area (Å²) in [5, 5.41) is 6.18. The van der Waals surface area contributed by atoms with E-state index in [1.165, 1.54) is 5.57 Å². The zero-order chi connectivity index (χ0) is 25.8. The molecule has 0 aromatic carbocycles. The van der Waals surface area contributed by atoms with Crippen LogP contribution in [-0.4, -0.2) is 42.9 Å². The minimum Gasteiger partial charge on any atom is -0.453 e. The van der Waals surface area contributed by atoms with Crippen LogP contribution in [-0.2, 0) is 14.3 Å². The Morgan fingerprint density at radius 2 is 1.88 bits per heavy atom. The van der Waals surface area contributed by atoms with Crippen LogP contribution in [0.3, 0.4) is 0 Å². The second-order valence-electron chi connectivity index (χ2n) is 9.37. The van der Waals surface area contributed by atoms with Gasteiger partial charge in [-0.1, -0.05) is 73.6 Å². The predicted molar refractivity (Wildman–Crippen MR) is 144 cm³/mol. The molecule has 6 nitrogen and oxygen atoms in total. The molecular weight excluding hydrogens is 426 g/mol. The maximum atomic E-state index is 12.6. The second kappa shape index (κ2) is 14.3. The van der Waals surface area contributed by atoms with E-state index in [0.717, 1.165) is 44.6 Å². The highest BCUT2D eigenvalue weighted by atomic mass is 16.6. The topological polar surface area (TPSA) is 79.8 Å². The number of hydrogen-bond acceptors (Lipinski definition) is 5. The van der Waals surface area contributed by atoms with Gasteiger partial charge < -0.3 is 15.4 Å². The number of hydrogen-bond donors (Lipinski definition) is 2. The van der Waals surface area contributed by atoms with E-state index in [0.29, 0.717) is 18.4 Å². The quantitative estimate of drug-likeness (QED) is 0.306. The van der Waals surface area contributed by atoms with Gasteiger partial charge in [-0.15, -0.1) is 0 Å². The molecule has 1 aliphatic heterocycles. The lowest BCUT2D eigenvalue weighted by Gasteiger charge is -2.32. The second-order valence-corrected chi connectivity index (χ2v) is 9.37. The van der Waals surface area contributed by atoms with Crippen LogP contribution >= 0.6 is 0 Å². The first-order valence-electron chi connectivity index (χ1n) is 13.5. The number of aliphatic imine (C=N–C) groups is 1. The third-order valence-corrected chi connectivity index (χ3v) is 6.68. The summed E-state index contributed by atoms with van der Waals surface area (Å²) in [6.07, 6.45) is 10.3. The molecular formula is C28H51N3O3. The lowest BCUT2D eigenvalue weighted by Crippen LogP contribution is -2.35. The molecule has 0 aromatic heterocycles. The number of amidine groups is 1. The Kier molecular flexibility index (Phi) is 12.6. The van der Waals surface area contributed by atoms with E-state index >= 15 is 0 Å². The summed E-state index contributed by atoms with van der Waals surface area (Å²) >= 11 is 0. The van der Waals surface area contributed by atoms with Crippen molar-refractivity contribution < 1.29 is 15.8 Å². The van der Waals surface area contributed by atoms with Crippen molar-refractivity contribution in [3.8, 4) is 0 Å². The third kappa shape index (κ3) is 7.19. The maximum absolute atomic E-state index is 12.6. The van der Waals surface area contributed by atoms with Gasteiger partial charge in [0.25, 0.3) is 0 Å². The van der Waals surface area contributed by atoms with Crippen LogP contribution in [0.25, 0.3) is 0 Å². The number of allylic oxidation sites excluding steroid dienone is 2. The monoisotopic (exact) mass is 477 g/mol. The van der Waals surface area contributed by atoms with Crippen molar-refractivity contribution in [2.45, 2.75) is 99.5 Å². The van der Waals surface area contributed by atoms with Gasteiger partial charge in [-0.3, -0.25) is 14.6 Å². The fraction of sp³-hybridized carbons (Fsp3) is 0.750. The van der Waals surface area contributed by atoms with Crippen molar-refractivity contribution >= 4 is 17.7 Å². The van der Waals surface area contributed by atoms with Gasteiger partial charge in [0.15, 0.2) is 0 Å². The number of nitrogens with one attached hydrogen (secondary N) is 2. The summed E-state index contributed by atoms with van der Waals surface area (Å²) < 4.78 is 6.08. The van der Waals surface area contributed by atoms with Gasteiger partial charge in [-0.2, -0.15) is 0 Å². The lowest BCUT2D eigenvalue weighted by molar-refractivity contribution is -0.152. The molecule has 1 saturated carbocycles. The van der Waals surface area contributed by atoms with Crippen LogP contribution in [0, 0.1) is 17.3 Å². The molecule has 34 heavy (non-hydrogen) atoms. The molecule has 0 spiro atoms. The Labute approximate surface area is 209 Å². The molecule has 6 heteroatoms. The number of nitrogens with zero attached hydrogens (tertiary/aromatic N) is 1. The molecule has 0 aromatic rings. The average molecular weight is 478 g/mol. The van der Waals surface area contributed by atoms with Gasteiger partial charge in [-0.05, 0) is 30.3 Å². The number of carbonyl (C=O) groups is 2. The highest BCUT2D eigenvalue weighted by molar-refractivity contribution is 5.83. The molecule has 2 unspecified atom stereocenters. The van der Waals surface area contributed by atoms with E-state index in [1.54, 1.807) is 0 Å². The predicted octanol–water partition coefficient (Wildman–Crippen LogP) is 5.83. The van der Waals surface area contributed by atoms with Crippen molar-refractivity contribution in [1.82, 2.24) is 10.6 Å². The first-order valence-corrected chi connectivity index (χ1v) is 13.5. The molecule has 3 aliphatic rings. The summed E-state index contributed by atoms with van der Waals surface area (Å²) in [5.41, 5.74) is 0.566. The maximum Gasteiger partial charge on any atom is 0.307 e.